The standard InChI is InChI=1S/C25H25N5O2S3/c1-4-28(5-2)20(31)15-34-24-27-23-21(22-26-18-9-7-8-10-19(18)30(22)24)35-25(33)29(23)16-11-13-17(14-12-16)32-6-3/h7-14H,4-6,15H2,1-3H3. The summed E-state index contributed by atoms with van der Waals surface area (Å²) in [6.45, 7) is 7.94. The molecule has 0 saturated heterocycles. The van der Waals surface area contributed by atoms with E-state index in [2.05, 4.69) is 0 Å². The normalized spacial score (nSPS) is 11.5. The van der Waals surface area contributed by atoms with Gasteiger partial charge >= 0.3 is 0 Å². The average Bonchev–Trinajstić information content (AvgIpc) is 3.41. The summed E-state index contributed by atoms with van der Waals surface area (Å²) in [5.74, 6) is 1.20. The number of thioether (sulfide) groups is 1. The molecular formula is C25H25N5O2S3. The highest BCUT2D eigenvalue weighted by molar-refractivity contribution is 7.99. The number of ether oxygens (including phenoxy) is 1. The van der Waals surface area contributed by atoms with Crippen molar-refractivity contribution in [2.75, 3.05) is 25.4 Å². The minimum Gasteiger partial charge on any atom is -0.494 e. The Kier molecular flexibility index (Phi) is 6.77. The number of carbonyl (C=O) groups is 1. The van der Waals surface area contributed by atoms with Crippen molar-refractivity contribution in [3.05, 3.63) is 52.5 Å². The van der Waals surface area contributed by atoms with Gasteiger partial charge in [-0.3, -0.25) is 13.8 Å². The minimum atomic E-state index is 0.0909. The van der Waals surface area contributed by atoms with Crippen LogP contribution in [0, 0.1) is 3.95 Å². The first-order chi connectivity index (χ1) is 17.0. The lowest BCUT2D eigenvalue weighted by Crippen LogP contribution is -2.31. The van der Waals surface area contributed by atoms with Crippen LogP contribution in [-0.4, -0.2) is 55.2 Å². The number of para-hydroxylation sites is 2. The van der Waals surface area contributed by atoms with Gasteiger partial charge in [-0.15, -0.1) is 0 Å². The van der Waals surface area contributed by atoms with E-state index >= 15 is 0 Å². The Hall–Kier alpha value is -2.95. The van der Waals surface area contributed by atoms with Crippen molar-refractivity contribution in [3.63, 3.8) is 0 Å². The number of benzene rings is 2. The third-order valence-electron chi connectivity index (χ3n) is 5.79. The molecule has 1 amide bonds. The highest BCUT2D eigenvalue weighted by Gasteiger charge is 2.20. The summed E-state index contributed by atoms with van der Waals surface area (Å²) in [5, 5.41) is 0.717. The summed E-state index contributed by atoms with van der Waals surface area (Å²) in [4.78, 5) is 24.6. The molecule has 3 heterocycles. The van der Waals surface area contributed by atoms with Crippen LogP contribution in [0.25, 0.3) is 32.7 Å². The fourth-order valence-corrected chi connectivity index (χ4v) is 6.36. The molecule has 2 aromatic carbocycles. The van der Waals surface area contributed by atoms with Crippen LogP contribution in [0.1, 0.15) is 20.8 Å². The van der Waals surface area contributed by atoms with Gasteiger partial charge in [0.1, 0.15) is 10.4 Å². The van der Waals surface area contributed by atoms with Gasteiger partial charge in [-0.1, -0.05) is 35.2 Å². The van der Waals surface area contributed by atoms with Crippen molar-refractivity contribution in [1.82, 2.24) is 23.8 Å². The number of carbonyl (C=O) groups excluding carboxylic acids is 1. The molecule has 0 spiro atoms. The van der Waals surface area contributed by atoms with E-state index < -0.39 is 0 Å². The summed E-state index contributed by atoms with van der Waals surface area (Å²) in [5.41, 5.74) is 4.29. The van der Waals surface area contributed by atoms with Crippen molar-refractivity contribution in [2.45, 2.75) is 25.9 Å². The van der Waals surface area contributed by atoms with Gasteiger partial charge in [-0.05, 0) is 69.4 Å². The number of rotatable bonds is 8. The Bertz CT molecular complexity index is 1580. The summed E-state index contributed by atoms with van der Waals surface area (Å²) in [6, 6.07) is 15.8. The predicted molar refractivity (Wildman–Crippen MR) is 146 cm³/mol. The molecule has 0 bridgehead atoms. The molecule has 35 heavy (non-hydrogen) atoms. The first kappa shape index (κ1) is 23.8. The molecule has 0 atom stereocenters. The van der Waals surface area contributed by atoms with E-state index in [1.807, 2.05) is 83.2 Å². The van der Waals surface area contributed by atoms with Crippen LogP contribution in [0.15, 0.2) is 53.7 Å². The fraction of sp³-hybridized carbons (Fsp3) is 0.280. The zero-order chi connectivity index (χ0) is 24.5. The molecule has 0 aliphatic heterocycles. The van der Waals surface area contributed by atoms with Crippen molar-refractivity contribution in [1.29, 1.82) is 0 Å². The zero-order valence-electron chi connectivity index (χ0n) is 19.7. The lowest BCUT2D eigenvalue weighted by molar-refractivity contribution is -0.127. The molecule has 0 aliphatic carbocycles. The molecule has 3 aromatic heterocycles. The summed E-state index contributed by atoms with van der Waals surface area (Å²) in [7, 11) is 0. The number of hydrogen-bond acceptors (Lipinski definition) is 7. The highest BCUT2D eigenvalue weighted by atomic mass is 32.2. The third kappa shape index (κ3) is 4.30. The average molecular weight is 524 g/mol. The maximum Gasteiger partial charge on any atom is 0.233 e. The fourth-order valence-electron chi connectivity index (χ4n) is 4.10. The summed E-state index contributed by atoms with van der Waals surface area (Å²) in [6.07, 6.45) is 0. The molecule has 7 nitrogen and oxygen atoms in total. The van der Waals surface area contributed by atoms with E-state index in [0.29, 0.717) is 34.6 Å². The van der Waals surface area contributed by atoms with Crippen LogP contribution in [0.2, 0.25) is 0 Å². The van der Waals surface area contributed by atoms with Gasteiger partial charge < -0.3 is 9.64 Å². The highest BCUT2D eigenvalue weighted by Crippen LogP contribution is 2.34. The lowest BCUT2D eigenvalue weighted by atomic mass is 10.3. The number of imidazole rings is 1. The van der Waals surface area contributed by atoms with Crippen molar-refractivity contribution in [2.24, 2.45) is 0 Å². The maximum absolute atomic E-state index is 12.8. The van der Waals surface area contributed by atoms with E-state index in [1.165, 1.54) is 23.1 Å². The van der Waals surface area contributed by atoms with Crippen LogP contribution < -0.4 is 4.74 Å². The Morgan fingerprint density at radius 1 is 1.06 bits per heavy atom. The molecule has 5 aromatic rings. The number of amides is 1. The molecule has 0 N–H and O–H groups in total. The van der Waals surface area contributed by atoms with Gasteiger partial charge in [-0.25, -0.2) is 9.97 Å². The number of aromatic nitrogens is 4. The van der Waals surface area contributed by atoms with Crippen LogP contribution >= 0.6 is 35.3 Å². The van der Waals surface area contributed by atoms with Gasteiger partial charge in [0, 0.05) is 18.8 Å². The Balaban J connectivity index is 1.70. The summed E-state index contributed by atoms with van der Waals surface area (Å²) < 4.78 is 11.2. The third-order valence-corrected chi connectivity index (χ3v) is 8.07. The second-order valence-corrected chi connectivity index (χ2v) is 10.4. The van der Waals surface area contributed by atoms with E-state index in [-0.39, 0.29) is 5.91 Å². The second-order valence-electron chi connectivity index (χ2n) is 7.79. The SMILES string of the molecule is CCOc1ccc(-n2c(=S)sc3c2nc(SCC(=O)N(CC)CC)n2c4ccccc4nc32)cc1. The lowest BCUT2D eigenvalue weighted by Gasteiger charge is -2.18. The van der Waals surface area contributed by atoms with E-state index in [4.69, 9.17) is 26.9 Å². The molecule has 5 rings (SSSR count). The molecule has 0 fully saturated rings. The van der Waals surface area contributed by atoms with Crippen LogP contribution in [-0.2, 0) is 4.79 Å². The molecule has 0 radical (unpaired) electrons. The largest absolute Gasteiger partial charge is 0.494 e. The molecule has 0 saturated carbocycles. The van der Waals surface area contributed by atoms with Crippen molar-refractivity contribution >= 4 is 68.3 Å². The smallest absolute Gasteiger partial charge is 0.233 e. The van der Waals surface area contributed by atoms with E-state index in [9.17, 15) is 4.79 Å². The number of fused-ring (bicyclic) bond motifs is 5. The number of nitrogens with zero attached hydrogens (tertiary/aromatic N) is 5. The summed E-state index contributed by atoms with van der Waals surface area (Å²) >= 11 is 8.71. The van der Waals surface area contributed by atoms with Crippen molar-refractivity contribution < 1.29 is 9.53 Å². The van der Waals surface area contributed by atoms with Crippen LogP contribution in [0.4, 0.5) is 0 Å². The van der Waals surface area contributed by atoms with Gasteiger partial charge in [0.05, 0.1) is 23.4 Å². The van der Waals surface area contributed by atoms with Crippen molar-refractivity contribution in [3.8, 4) is 11.4 Å². The Morgan fingerprint density at radius 3 is 2.51 bits per heavy atom. The molecule has 0 aliphatic rings. The first-order valence-corrected chi connectivity index (χ1v) is 13.7. The van der Waals surface area contributed by atoms with Gasteiger partial charge in [-0.2, -0.15) is 0 Å². The topological polar surface area (TPSA) is 64.7 Å². The Labute approximate surface area is 216 Å². The quantitative estimate of drug-likeness (QED) is 0.142. The molecular weight excluding hydrogens is 499 g/mol. The zero-order valence-corrected chi connectivity index (χ0v) is 22.2. The maximum atomic E-state index is 12.8. The van der Waals surface area contributed by atoms with E-state index in [1.54, 1.807) is 0 Å². The number of hydrogen-bond donors (Lipinski definition) is 0. The van der Waals surface area contributed by atoms with Crippen LogP contribution in [0.5, 0.6) is 5.75 Å². The molecule has 10 heteroatoms. The van der Waals surface area contributed by atoms with Gasteiger partial charge in [0.2, 0.25) is 5.91 Å². The van der Waals surface area contributed by atoms with E-state index in [0.717, 1.165) is 38.5 Å². The van der Waals surface area contributed by atoms with Gasteiger partial charge in [0.15, 0.2) is 20.4 Å². The monoisotopic (exact) mass is 523 g/mol. The van der Waals surface area contributed by atoms with Gasteiger partial charge in [0.25, 0.3) is 0 Å². The predicted octanol–water partition coefficient (Wildman–Crippen LogP) is 5.98. The minimum absolute atomic E-state index is 0.0909. The number of thiazole rings is 1. The second kappa shape index (κ2) is 9.96. The Morgan fingerprint density at radius 2 is 1.80 bits per heavy atom. The first-order valence-electron chi connectivity index (χ1n) is 11.5. The molecule has 0 unspecified atom stereocenters. The van der Waals surface area contributed by atoms with Crippen LogP contribution in [0.3, 0.4) is 0 Å². The molecule has 180 valence electrons.